The van der Waals surface area contributed by atoms with Crippen LogP contribution in [0.1, 0.15) is 40.1 Å². The lowest BCUT2D eigenvalue weighted by atomic mass is 9.98. The first-order valence-corrected chi connectivity index (χ1v) is 14.0. The van der Waals surface area contributed by atoms with Crippen LogP contribution in [0.5, 0.6) is 11.5 Å². The van der Waals surface area contributed by atoms with Gasteiger partial charge < -0.3 is 35.2 Å². The number of carboxylic acids is 1. The predicted octanol–water partition coefficient (Wildman–Crippen LogP) is 4.39. The number of para-hydroxylation sites is 1. The molecule has 3 aromatic carbocycles. The number of carboxylic acid groups (broad SMARTS) is 1. The molecule has 1 aliphatic rings. The quantitative estimate of drug-likeness (QED) is 0.273. The van der Waals surface area contributed by atoms with Crippen LogP contribution in [-0.4, -0.2) is 83.9 Å². The molecule has 0 fully saturated rings. The Morgan fingerprint density at radius 1 is 1.09 bits per heavy atom. The normalized spacial score (nSPS) is 17.3. The zero-order valence-electron chi connectivity index (χ0n) is 24.7. The number of nitrogens with one attached hydrogen (secondary N) is 2. The molecule has 3 atom stereocenters. The van der Waals surface area contributed by atoms with Gasteiger partial charge in [0.15, 0.2) is 5.75 Å². The average Bonchev–Trinajstić information content (AvgIpc) is 2.99. The molecule has 0 spiro atoms. The minimum absolute atomic E-state index is 0.135. The number of likely N-dealkylation sites (N-methyl/N-ethyl adjacent to an activating group) is 1. The highest BCUT2D eigenvalue weighted by atomic mass is 16.5. The Labute approximate surface area is 251 Å². The third-order valence-corrected chi connectivity index (χ3v) is 7.43. The number of rotatable bonds is 10. The van der Waals surface area contributed by atoms with E-state index in [1.54, 1.807) is 85.7 Å². The molecule has 11 heteroatoms. The SMILES string of the molecule is COc1ccc(NC(=O)Nc2cccc3c2O[C@@H](CN(C)Cc2ccc(C(=O)O)cc2)[C@H](C)CN([C@@H](C)CO)C3=O)cc1. The molecule has 1 heterocycles. The molecule has 1 aliphatic heterocycles. The van der Waals surface area contributed by atoms with Crippen LogP contribution < -0.4 is 20.1 Å². The minimum atomic E-state index is -0.978. The van der Waals surface area contributed by atoms with Crippen molar-refractivity contribution in [3.63, 3.8) is 0 Å². The molecule has 0 unspecified atom stereocenters. The number of amides is 3. The van der Waals surface area contributed by atoms with Crippen molar-refractivity contribution in [3.8, 4) is 11.5 Å². The first kappa shape index (κ1) is 31.3. The van der Waals surface area contributed by atoms with Crippen LogP contribution in [0.25, 0.3) is 0 Å². The maximum atomic E-state index is 13.7. The number of carbonyl (C=O) groups excluding carboxylic acids is 2. The van der Waals surface area contributed by atoms with E-state index < -0.39 is 24.1 Å². The van der Waals surface area contributed by atoms with E-state index in [0.29, 0.717) is 36.8 Å². The van der Waals surface area contributed by atoms with Crippen molar-refractivity contribution >= 4 is 29.3 Å². The summed E-state index contributed by atoms with van der Waals surface area (Å²) < 4.78 is 11.7. The smallest absolute Gasteiger partial charge is 0.335 e. The Morgan fingerprint density at radius 2 is 1.79 bits per heavy atom. The van der Waals surface area contributed by atoms with Gasteiger partial charge in [0.2, 0.25) is 0 Å². The van der Waals surface area contributed by atoms with Gasteiger partial charge in [-0.2, -0.15) is 0 Å². The van der Waals surface area contributed by atoms with E-state index in [2.05, 4.69) is 15.5 Å². The topological polar surface area (TPSA) is 141 Å². The fourth-order valence-electron chi connectivity index (χ4n) is 4.95. The number of urea groups is 1. The Bertz CT molecular complexity index is 1430. The van der Waals surface area contributed by atoms with E-state index in [1.807, 2.05) is 14.0 Å². The lowest BCUT2D eigenvalue weighted by molar-refractivity contribution is 0.0343. The second kappa shape index (κ2) is 14.0. The van der Waals surface area contributed by atoms with Gasteiger partial charge in [0, 0.05) is 31.2 Å². The molecule has 3 aromatic rings. The van der Waals surface area contributed by atoms with Crippen molar-refractivity contribution in [2.75, 3.05) is 44.5 Å². The first-order valence-electron chi connectivity index (χ1n) is 14.0. The van der Waals surface area contributed by atoms with Gasteiger partial charge in [-0.1, -0.05) is 25.1 Å². The van der Waals surface area contributed by atoms with Gasteiger partial charge in [-0.25, -0.2) is 9.59 Å². The van der Waals surface area contributed by atoms with Crippen LogP contribution in [0.4, 0.5) is 16.2 Å². The van der Waals surface area contributed by atoms with Crippen LogP contribution in [0, 0.1) is 5.92 Å². The zero-order chi connectivity index (χ0) is 31.1. The summed E-state index contributed by atoms with van der Waals surface area (Å²) in [6, 6.07) is 17.7. The molecule has 11 nitrogen and oxygen atoms in total. The number of hydrogen-bond donors (Lipinski definition) is 4. The van der Waals surface area contributed by atoms with Crippen molar-refractivity contribution in [3.05, 3.63) is 83.4 Å². The number of benzene rings is 3. The molecule has 4 rings (SSSR count). The summed E-state index contributed by atoms with van der Waals surface area (Å²) in [5, 5.41) is 24.7. The highest BCUT2D eigenvalue weighted by Gasteiger charge is 2.34. The van der Waals surface area contributed by atoms with Gasteiger partial charge in [-0.05, 0) is 68.1 Å². The van der Waals surface area contributed by atoms with Crippen LogP contribution in [0.15, 0.2) is 66.7 Å². The maximum absolute atomic E-state index is 13.7. The average molecular weight is 591 g/mol. The number of aliphatic hydroxyl groups excluding tert-OH is 1. The molecule has 0 saturated carbocycles. The molecule has 0 radical (unpaired) electrons. The number of nitrogens with zero attached hydrogens (tertiary/aromatic N) is 2. The zero-order valence-corrected chi connectivity index (χ0v) is 24.7. The molecule has 0 saturated heterocycles. The predicted molar refractivity (Wildman–Crippen MR) is 163 cm³/mol. The Balaban J connectivity index is 1.59. The summed E-state index contributed by atoms with van der Waals surface area (Å²) in [6.07, 6.45) is -0.392. The van der Waals surface area contributed by atoms with Gasteiger partial charge in [0.25, 0.3) is 5.91 Å². The number of ether oxygens (including phenoxy) is 2. The molecule has 4 N–H and O–H groups in total. The van der Waals surface area contributed by atoms with Crippen LogP contribution >= 0.6 is 0 Å². The fourth-order valence-corrected chi connectivity index (χ4v) is 4.95. The van der Waals surface area contributed by atoms with Crippen molar-refractivity contribution < 1.29 is 34.1 Å². The van der Waals surface area contributed by atoms with E-state index in [4.69, 9.17) is 9.47 Å². The third kappa shape index (κ3) is 7.82. The van der Waals surface area contributed by atoms with Crippen molar-refractivity contribution in [1.82, 2.24) is 9.80 Å². The maximum Gasteiger partial charge on any atom is 0.335 e. The summed E-state index contributed by atoms with van der Waals surface area (Å²) in [6.45, 7) is 4.96. The van der Waals surface area contributed by atoms with Crippen LogP contribution in [0.3, 0.4) is 0 Å². The molecule has 0 aromatic heterocycles. The van der Waals surface area contributed by atoms with Crippen molar-refractivity contribution in [2.24, 2.45) is 5.92 Å². The van der Waals surface area contributed by atoms with Gasteiger partial charge in [0.1, 0.15) is 11.9 Å². The van der Waals surface area contributed by atoms with Crippen LogP contribution in [0.2, 0.25) is 0 Å². The molecule has 3 amide bonds. The molecular formula is C32H38N4O7. The second-order valence-corrected chi connectivity index (χ2v) is 10.8. The summed E-state index contributed by atoms with van der Waals surface area (Å²) in [7, 11) is 3.50. The molecule has 0 aliphatic carbocycles. The van der Waals surface area contributed by atoms with Gasteiger partial charge in [-0.3, -0.25) is 9.69 Å². The first-order chi connectivity index (χ1) is 20.6. The number of carbonyl (C=O) groups is 3. The van der Waals surface area contributed by atoms with E-state index >= 15 is 0 Å². The number of aromatic carboxylic acids is 1. The fraction of sp³-hybridized carbons (Fsp3) is 0.344. The largest absolute Gasteiger partial charge is 0.497 e. The lowest BCUT2D eigenvalue weighted by Crippen LogP contribution is -2.49. The van der Waals surface area contributed by atoms with E-state index in [1.165, 1.54) is 0 Å². The number of aliphatic hydroxyl groups is 1. The second-order valence-electron chi connectivity index (χ2n) is 10.8. The Morgan fingerprint density at radius 3 is 2.42 bits per heavy atom. The highest BCUT2D eigenvalue weighted by Crippen LogP contribution is 2.35. The molecule has 43 heavy (non-hydrogen) atoms. The minimum Gasteiger partial charge on any atom is -0.497 e. The van der Waals surface area contributed by atoms with Crippen LogP contribution in [-0.2, 0) is 6.54 Å². The van der Waals surface area contributed by atoms with Gasteiger partial charge >= 0.3 is 12.0 Å². The number of hydrogen-bond acceptors (Lipinski definition) is 7. The van der Waals surface area contributed by atoms with E-state index in [-0.39, 0.29) is 35.3 Å². The van der Waals surface area contributed by atoms with E-state index in [9.17, 15) is 24.6 Å². The van der Waals surface area contributed by atoms with E-state index in [0.717, 1.165) is 5.56 Å². The van der Waals surface area contributed by atoms with Gasteiger partial charge in [0.05, 0.1) is 36.6 Å². The molecule has 228 valence electrons. The number of methoxy groups -OCH3 is 1. The molecule has 0 bridgehead atoms. The Hall–Kier alpha value is -4.61. The summed E-state index contributed by atoms with van der Waals surface area (Å²) in [4.78, 5) is 41.6. The lowest BCUT2D eigenvalue weighted by Gasteiger charge is -2.38. The molecular weight excluding hydrogens is 552 g/mol. The summed E-state index contributed by atoms with van der Waals surface area (Å²) in [5.74, 6) is -0.500. The number of fused-ring (bicyclic) bond motifs is 1. The van der Waals surface area contributed by atoms with Crippen molar-refractivity contribution in [1.29, 1.82) is 0 Å². The monoisotopic (exact) mass is 590 g/mol. The highest BCUT2D eigenvalue weighted by molar-refractivity contribution is 6.04. The Kier molecular flexibility index (Phi) is 10.2. The standard InChI is InChI=1S/C32H38N4O7/c1-20-16-36(21(2)19-37)30(38)26-6-5-7-27(34-32(41)33-24-12-14-25(42-4)15-13-24)29(26)43-28(20)18-35(3)17-22-8-10-23(11-9-22)31(39)40/h5-15,20-21,28,37H,16-19H2,1-4H3,(H,39,40)(H2,33,34,41)/t20-,21+,28+/m1/s1. The summed E-state index contributed by atoms with van der Waals surface area (Å²) >= 11 is 0. The van der Waals surface area contributed by atoms with Crippen molar-refractivity contribution in [2.45, 2.75) is 32.5 Å². The summed E-state index contributed by atoms with van der Waals surface area (Å²) in [5.41, 5.74) is 2.33. The van der Waals surface area contributed by atoms with Gasteiger partial charge in [-0.15, -0.1) is 0 Å². The number of anilines is 2. The third-order valence-electron chi connectivity index (χ3n) is 7.43.